The van der Waals surface area contributed by atoms with Crippen LogP contribution in [-0.2, 0) is 14.4 Å². The van der Waals surface area contributed by atoms with E-state index in [1.54, 1.807) is 0 Å². The molecule has 1 aliphatic carbocycles. The van der Waals surface area contributed by atoms with Gasteiger partial charge in [-0.1, -0.05) is 116 Å². The molecule has 0 heterocycles. The zero-order valence-corrected chi connectivity index (χ0v) is 27.7. The average molecular weight is 586 g/mol. The molecule has 240 valence electrons. The van der Waals surface area contributed by atoms with Crippen LogP contribution in [0.15, 0.2) is 12.2 Å². The monoisotopic (exact) mass is 586 g/mol. The zero-order valence-electron chi connectivity index (χ0n) is 27.7. The largest absolute Gasteiger partial charge is 0.354 e. The van der Waals surface area contributed by atoms with E-state index in [1.165, 1.54) is 81.9 Å². The maximum absolute atomic E-state index is 13.1. The van der Waals surface area contributed by atoms with Crippen molar-refractivity contribution in [3.05, 3.63) is 12.2 Å². The molecule has 0 saturated heterocycles. The predicted octanol–water partition coefficient (Wildman–Crippen LogP) is 7.67. The first-order valence-corrected chi connectivity index (χ1v) is 17.6. The number of carbonyl (C=O) groups excluding carboxylic acids is 3. The van der Waals surface area contributed by atoms with Crippen LogP contribution in [-0.4, -0.2) is 56.6 Å². The summed E-state index contributed by atoms with van der Waals surface area (Å²) in [5.74, 6) is 0.0939. The van der Waals surface area contributed by atoms with Gasteiger partial charge < -0.3 is 15.5 Å². The number of amides is 3. The summed E-state index contributed by atoms with van der Waals surface area (Å²) in [6, 6.07) is 0. The third-order valence-corrected chi connectivity index (χ3v) is 8.83. The van der Waals surface area contributed by atoms with E-state index in [1.807, 2.05) is 0 Å². The number of nitrogens with one attached hydrogen (secondary N) is 2. The molecule has 0 aromatic heterocycles. The number of nitrogens with zero attached hydrogens (tertiary/aromatic N) is 1. The van der Waals surface area contributed by atoms with E-state index in [0.29, 0.717) is 25.4 Å². The maximum atomic E-state index is 13.1. The Bertz CT molecular complexity index is 742. The van der Waals surface area contributed by atoms with Crippen molar-refractivity contribution in [2.45, 2.75) is 156 Å². The Hall–Kier alpha value is -1.79. The van der Waals surface area contributed by atoms with Gasteiger partial charge in [-0.15, -0.1) is 0 Å². The van der Waals surface area contributed by atoms with Crippen LogP contribution in [0, 0.1) is 11.3 Å². The second-order valence-electron chi connectivity index (χ2n) is 12.7. The molecule has 1 fully saturated rings. The van der Waals surface area contributed by atoms with E-state index < -0.39 is 0 Å². The Labute approximate surface area is 260 Å². The second-order valence-corrected chi connectivity index (χ2v) is 12.7. The van der Waals surface area contributed by atoms with Crippen molar-refractivity contribution in [3.8, 4) is 0 Å². The Kier molecular flexibility index (Phi) is 22.4. The first-order valence-electron chi connectivity index (χ1n) is 17.6. The molecule has 3 amide bonds. The number of unbranched alkanes of at least 4 members (excludes halogenated alkanes) is 6. The fraction of sp³-hybridized carbons (Fsp3) is 0.857. The summed E-state index contributed by atoms with van der Waals surface area (Å²) in [6.07, 6.45) is 27.7. The topological polar surface area (TPSA) is 78.5 Å². The first-order chi connectivity index (χ1) is 20.4. The lowest BCUT2D eigenvalue weighted by Gasteiger charge is -2.30. The lowest BCUT2D eigenvalue weighted by atomic mass is 9.75. The van der Waals surface area contributed by atoms with Gasteiger partial charge in [0.2, 0.25) is 17.7 Å². The number of hydrogen-bond acceptors (Lipinski definition) is 3. The molecule has 6 nitrogen and oxygen atoms in total. The van der Waals surface area contributed by atoms with Crippen LogP contribution in [0.25, 0.3) is 0 Å². The molecule has 1 rings (SSSR count). The van der Waals surface area contributed by atoms with Crippen molar-refractivity contribution in [1.82, 2.24) is 15.5 Å². The van der Waals surface area contributed by atoms with Crippen molar-refractivity contribution in [2.24, 2.45) is 11.3 Å². The normalized spacial score (nSPS) is 15.1. The maximum Gasteiger partial charge on any atom is 0.239 e. The van der Waals surface area contributed by atoms with Gasteiger partial charge in [-0.05, 0) is 56.2 Å². The summed E-state index contributed by atoms with van der Waals surface area (Å²) in [5, 5.41) is 6.09. The molecular formula is C35H64BN3O3. The standard InChI is InChI=1S/C35H64BN3O3/c1-4-7-8-9-10-13-16-19-24-35(22-5-2,23-6-3)27-32(40)37-25-26-39(34(42)28-36)30-33(41)38-29-31-20-17-14-11-12-15-18-21-31/h19,24,31H,4-18,20-23,25-30H2,1-3H3,(H,37,40)(H,38,41)/b24-19-. The Morgan fingerprint density at radius 1 is 0.810 bits per heavy atom. The van der Waals surface area contributed by atoms with Crippen molar-refractivity contribution >= 4 is 25.6 Å². The van der Waals surface area contributed by atoms with E-state index >= 15 is 0 Å². The average Bonchev–Trinajstić information content (AvgIpc) is 3.11. The lowest BCUT2D eigenvalue weighted by Crippen LogP contribution is -2.45. The first kappa shape index (κ1) is 38.2. The molecule has 0 aromatic rings. The van der Waals surface area contributed by atoms with Crippen LogP contribution < -0.4 is 10.6 Å². The summed E-state index contributed by atoms with van der Waals surface area (Å²) < 4.78 is 0. The van der Waals surface area contributed by atoms with Gasteiger partial charge in [0.05, 0.1) is 14.4 Å². The van der Waals surface area contributed by atoms with Crippen molar-refractivity contribution < 1.29 is 14.4 Å². The highest BCUT2D eigenvalue weighted by Gasteiger charge is 2.28. The van der Waals surface area contributed by atoms with Crippen LogP contribution in [0.4, 0.5) is 0 Å². The van der Waals surface area contributed by atoms with Gasteiger partial charge in [0.15, 0.2) is 0 Å². The third kappa shape index (κ3) is 18.0. The van der Waals surface area contributed by atoms with Gasteiger partial charge in [0.25, 0.3) is 0 Å². The lowest BCUT2D eigenvalue weighted by molar-refractivity contribution is -0.134. The van der Waals surface area contributed by atoms with E-state index in [9.17, 15) is 14.4 Å². The predicted molar refractivity (Wildman–Crippen MR) is 178 cm³/mol. The van der Waals surface area contributed by atoms with Crippen molar-refractivity contribution in [3.63, 3.8) is 0 Å². The van der Waals surface area contributed by atoms with Gasteiger partial charge in [-0.2, -0.15) is 0 Å². The second kappa shape index (κ2) is 24.6. The molecule has 0 aliphatic heterocycles. The molecule has 1 saturated carbocycles. The van der Waals surface area contributed by atoms with E-state index in [2.05, 4.69) is 43.6 Å². The van der Waals surface area contributed by atoms with Gasteiger partial charge >= 0.3 is 0 Å². The Morgan fingerprint density at radius 2 is 1.43 bits per heavy atom. The zero-order chi connectivity index (χ0) is 30.9. The summed E-state index contributed by atoms with van der Waals surface area (Å²) in [6.45, 7) is 7.86. The van der Waals surface area contributed by atoms with Crippen LogP contribution in [0.2, 0.25) is 6.32 Å². The highest BCUT2D eigenvalue weighted by atomic mass is 16.2. The summed E-state index contributed by atoms with van der Waals surface area (Å²) in [5.41, 5.74) is -0.127. The highest BCUT2D eigenvalue weighted by Crippen LogP contribution is 2.36. The SMILES string of the molecule is [B]CC(=O)N(CCNC(=O)CC(/C=C\CCCCCCCC)(CCC)CCC)CC(=O)NCC1CCCCCCCC1. The highest BCUT2D eigenvalue weighted by molar-refractivity contribution is 6.19. The van der Waals surface area contributed by atoms with E-state index in [-0.39, 0.29) is 42.5 Å². The molecule has 0 atom stereocenters. The molecule has 2 N–H and O–H groups in total. The van der Waals surface area contributed by atoms with Gasteiger partial charge in [-0.3, -0.25) is 14.4 Å². The number of rotatable bonds is 22. The molecule has 2 radical (unpaired) electrons. The Balaban J connectivity index is 2.58. The molecule has 0 spiro atoms. The fourth-order valence-electron chi connectivity index (χ4n) is 6.44. The van der Waals surface area contributed by atoms with Crippen LogP contribution in [0.5, 0.6) is 0 Å². The van der Waals surface area contributed by atoms with Gasteiger partial charge in [0, 0.05) is 26.1 Å². The summed E-state index contributed by atoms with van der Waals surface area (Å²) in [4.78, 5) is 39.8. The summed E-state index contributed by atoms with van der Waals surface area (Å²) >= 11 is 0. The Morgan fingerprint density at radius 3 is 2.05 bits per heavy atom. The minimum atomic E-state index is -0.272. The molecule has 0 unspecified atom stereocenters. The van der Waals surface area contributed by atoms with E-state index in [0.717, 1.165) is 44.9 Å². The number of carbonyl (C=O) groups is 3. The molecule has 7 heteroatoms. The third-order valence-electron chi connectivity index (χ3n) is 8.83. The van der Waals surface area contributed by atoms with Crippen molar-refractivity contribution in [2.75, 3.05) is 26.2 Å². The van der Waals surface area contributed by atoms with Crippen LogP contribution in [0.3, 0.4) is 0 Å². The summed E-state index contributed by atoms with van der Waals surface area (Å²) in [7, 11) is 5.65. The molecule has 0 aromatic carbocycles. The molecule has 42 heavy (non-hydrogen) atoms. The van der Waals surface area contributed by atoms with Crippen LogP contribution >= 0.6 is 0 Å². The van der Waals surface area contributed by atoms with Gasteiger partial charge in [0.1, 0.15) is 0 Å². The van der Waals surface area contributed by atoms with Crippen LogP contribution in [0.1, 0.15) is 149 Å². The van der Waals surface area contributed by atoms with Gasteiger partial charge in [-0.25, -0.2) is 0 Å². The number of hydrogen-bond donors (Lipinski definition) is 2. The smallest absolute Gasteiger partial charge is 0.239 e. The minimum Gasteiger partial charge on any atom is -0.354 e. The van der Waals surface area contributed by atoms with E-state index in [4.69, 9.17) is 7.85 Å². The number of allylic oxidation sites excluding steroid dienone is 2. The minimum absolute atomic E-state index is 0.00548. The molecule has 0 bridgehead atoms. The fourth-order valence-corrected chi connectivity index (χ4v) is 6.44. The van der Waals surface area contributed by atoms with Crippen molar-refractivity contribution in [1.29, 1.82) is 0 Å². The molecule has 1 aliphatic rings. The quantitative estimate of drug-likeness (QED) is 0.0778. The molecular weight excluding hydrogens is 521 g/mol.